The normalized spacial score (nSPS) is 10.8. The molecule has 3 aromatic rings. The Morgan fingerprint density at radius 3 is 1.38 bits per heavy atom. The fourth-order valence-electron chi connectivity index (χ4n) is 2.16. The van der Waals surface area contributed by atoms with Crippen LogP contribution in [0.5, 0.6) is 0 Å². The predicted octanol–water partition coefficient (Wildman–Crippen LogP) is 5.06. The highest BCUT2D eigenvalue weighted by Crippen LogP contribution is 2.34. The minimum atomic E-state index is -0.788. The monoisotopic (exact) mass is 299 g/mol. The van der Waals surface area contributed by atoms with E-state index in [1.807, 2.05) is 60.7 Å². The van der Waals surface area contributed by atoms with Crippen LogP contribution in [-0.4, -0.2) is 0 Å². The summed E-state index contributed by atoms with van der Waals surface area (Å²) < 4.78 is 28.5. The molecular formula is C18H13F2S+. The van der Waals surface area contributed by atoms with E-state index >= 15 is 0 Å². The lowest BCUT2D eigenvalue weighted by atomic mass is 10.3. The minimum absolute atomic E-state index is 0.120. The van der Waals surface area contributed by atoms with E-state index in [4.69, 9.17) is 0 Å². The van der Waals surface area contributed by atoms with E-state index in [0.717, 1.165) is 9.79 Å². The maximum atomic E-state index is 14.2. The number of halogens is 2. The summed E-state index contributed by atoms with van der Waals surface area (Å²) in [5.41, 5.74) is 0. The second kappa shape index (κ2) is 6.10. The van der Waals surface area contributed by atoms with Crippen LogP contribution in [0.4, 0.5) is 8.78 Å². The summed E-state index contributed by atoms with van der Waals surface area (Å²) in [5, 5.41) is 0. The molecule has 0 unspecified atom stereocenters. The third kappa shape index (κ3) is 2.83. The molecule has 0 radical (unpaired) electrons. The molecule has 0 spiro atoms. The molecule has 0 nitrogen and oxygen atoms in total. The van der Waals surface area contributed by atoms with Gasteiger partial charge in [0.05, 0.1) is 0 Å². The first-order valence-electron chi connectivity index (χ1n) is 6.56. The second-order valence-corrected chi connectivity index (χ2v) is 6.45. The molecule has 0 saturated carbocycles. The molecule has 0 aliphatic carbocycles. The molecular weight excluding hydrogens is 286 g/mol. The Labute approximate surface area is 125 Å². The molecule has 0 fully saturated rings. The Balaban J connectivity index is 2.23. The van der Waals surface area contributed by atoms with Crippen molar-refractivity contribution in [2.24, 2.45) is 0 Å². The summed E-state index contributed by atoms with van der Waals surface area (Å²) in [6, 6.07) is 23.0. The lowest BCUT2D eigenvalue weighted by Crippen LogP contribution is -2.09. The molecule has 0 bridgehead atoms. The molecule has 0 amide bonds. The minimum Gasteiger partial charge on any atom is -0.201 e. The summed E-state index contributed by atoms with van der Waals surface area (Å²) >= 11 is 0. The Morgan fingerprint density at radius 2 is 0.952 bits per heavy atom. The van der Waals surface area contributed by atoms with Crippen LogP contribution < -0.4 is 0 Å². The van der Waals surface area contributed by atoms with Crippen LogP contribution in [0.25, 0.3) is 0 Å². The zero-order valence-corrected chi connectivity index (χ0v) is 12.0. The molecule has 104 valence electrons. The Bertz CT molecular complexity index is 667. The van der Waals surface area contributed by atoms with Gasteiger partial charge in [-0.05, 0) is 36.4 Å². The van der Waals surface area contributed by atoms with E-state index in [9.17, 15) is 8.78 Å². The van der Waals surface area contributed by atoms with Crippen LogP contribution in [0.15, 0.2) is 93.5 Å². The zero-order valence-electron chi connectivity index (χ0n) is 11.2. The van der Waals surface area contributed by atoms with Gasteiger partial charge in [0.2, 0.25) is 4.90 Å². The smallest absolute Gasteiger partial charge is 0.201 e. The molecule has 3 heteroatoms. The summed E-state index contributed by atoms with van der Waals surface area (Å²) in [6.45, 7) is 0. The summed E-state index contributed by atoms with van der Waals surface area (Å²) in [6.07, 6.45) is 0. The van der Waals surface area contributed by atoms with Crippen molar-refractivity contribution in [2.75, 3.05) is 0 Å². The van der Waals surface area contributed by atoms with Crippen molar-refractivity contribution in [3.05, 3.63) is 90.5 Å². The lowest BCUT2D eigenvalue weighted by molar-refractivity contribution is 0.539. The fourth-order valence-corrected chi connectivity index (χ4v) is 4.29. The molecule has 0 aromatic heterocycles. The summed E-state index contributed by atoms with van der Waals surface area (Å²) in [7, 11) is -0.788. The van der Waals surface area contributed by atoms with Gasteiger partial charge in [0.25, 0.3) is 0 Å². The highest BCUT2D eigenvalue weighted by molar-refractivity contribution is 7.97. The number of hydrogen-bond acceptors (Lipinski definition) is 0. The standard InChI is InChI=1S/C18H13F2S/c19-16-12-7-13-17(20)18(16)21(14-8-3-1-4-9-14)15-10-5-2-6-11-15/h1-13H/q+1. The van der Waals surface area contributed by atoms with Crippen molar-refractivity contribution in [1.82, 2.24) is 0 Å². The molecule has 0 aliphatic heterocycles. The Morgan fingerprint density at radius 1 is 0.524 bits per heavy atom. The third-order valence-electron chi connectivity index (χ3n) is 3.08. The summed E-state index contributed by atoms with van der Waals surface area (Å²) in [4.78, 5) is 1.91. The molecule has 3 aromatic carbocycles. The zero-order chi connectivity index (χ0) is 14.7. The third-order valence-corrected chi connectivity index (χ3v) is 5.37. The number of hydrogen-bond donors (Lipinski definition) is 0. The van der Waals surface area contributed by atoms with Crippen molar-refractivity contribution >= 4 is 10.9 Å². The van der Waals surface area contributed by atoms with Gasteiger partial charge in [0, 0.05) is 0 Å². The molecule has 0 heterocycles. The van der Waals surface area contributed by atoms with E-state index in [1.54, 1.807) is 0 Å². The van der Waals surface area contributed by atoms with Gasteiger partial charge >= 0.3 is 0 Å². The van der Waals surface area contributed by atoms with Gasteiger partial charge in [-0.1, -0.05) is 42.5 Å². The van der Waals surface area contributed by atoms with Crippen LogP contribution in [-0.2, 0) is 10.9 Å². The first kappa shape index (κ1) is 13.8. The van der Waals surface area contributed by atoms with Crippen LogP contribution in [0.1, 0.15) is 0 Å². The van der Waals surface area contributed by atoms with Crippen LogP contribution in [0.3, 0.4) is 0 Å². The fraction of sp³-hybridized carbons (Fsp3) is 0. The van der Waals surface area contributed by atoms with Crippen LogP contribution in [0.2, 0.25) is 0 Å². The lowest BCUT2D eigenvalue weighted by Gasteiger charge is -2.09. The predicted molar refractivity (Wildman–Crippen MR) is 81.4 cm³/mol. The highest BCUT2D eigenvalue weighted by atomic mass is 32.2. The van der Waals surface area contributed by atoms with Gasteiger partial charge in [-0.15, -0.1) is 0 Å². The van der Waals surface area contributed by atoms with Crippen LogP contribution >= 0.6 is 0 Å². The molecule has 0 atom stereocenters. The molecule has 21 heavy (non-hydrogen) atoms. The molecule has 0 N–H and O–H groups in total. The van der Waals surface area contributed by atoms with Gasteiger partial charge in [0.15, 0.2) is 21.4 Å². The number of rotatable bonds is 3. The van der Waals surface area contributed by atoms with Gasteiger partial charge in [-0.3, -0.25) is 0 Å². The maximum Gasteiger partial charge on any atom is 0.237 e. The van der Waals surface area contributed by atoms with Gasteiger partial charge in [-0.2, -0.15) is 0 Å². The first-order valence-corrected chi connectivity index (χ1v) is 7.78. The van der Waals surface area contributed by atoms with Crippen molar-refractivity contribution < 1.29 is 8.78 Å². The average Bonchev–Trinajstić information content (AvgIpc) is 2.53. The van der Waals surface area contributed by atoms with Crippen molar-refractivity contribution in [1.29, 1.82) is 0 Å². The number of benzene rings is 3. The van der Waals surface area contributed by atoms with Crippen LogP contribution in [0, 0.1) is 11.6 Å². The highest BCUT2D eigenvalue weighted by Gasteiger charge is 2.34. The quantitative estimate of drug-likeness (QED) is 0.593. The molecule has 3 rings (SSSR count). The van der Waals surface area contributed by atoms with Gasteiger partial charge < -0.3 is 0 Å². The first-order chi connectivity index (χ1) is 10.3. The van der Waals surface area contributed by atoms with Crippen molar-refractivity contribution in [3.63, 3.8) is 0 Å². The topological polar surface area (TPSA) is 0 Å². The second-order valence-electron chi connectivity index (χ2n) is 4.48. The van der Waals surface area contributed by atoms with E-state index in [-0.39, 0.29) is 4.90 Å². The van der Waals surface area contributed by atoms with Crippen molar-refractivity contribution in [2.45, 2.75) is 14.7 Å². The van der Waals surface area contributed by atoms with E-state index in [0.29, 0.717) is 0 Å². The maximum absolute atomic E-state index is 14.2. The van der Waals surface area contributed by atoms with E-state index < -0.39 is 22.5 Å². The Kier molecular flexibility index (Phi) is 4.02. The average molecular weight is 299 g/mol. The summed E-state index contributed by atoms with van der Waals surface area (Å²) in [5.74, 6) is -1.02. The Hall–Kier alpha value is -2.13. The van der Waals surface area contributed by atoms with Gasteiger partial charge in [0.1, 0.15) is 10.9 Å². The van der Waals surface area contributed by atoms with E-state index in [2.05, 4.69) is 0 Å². The molecule has 0 aliphatic rings. The SMILES string of the molecule is Fc1cccc(F)c1[S+](c1ccccc1)c1ccccc1. The van der Waals surface area contributed by atoms with Gasteiger partial charge in [-0.25, -0.2) is 8.78 Å². The van der Waals surface area contributed by atoms with Crippen molar-refractivity contribution in [3.8, 4) is 0 Å². The van der Waals surface area contributed by atoms with E-state index in [1.165, 1.54) is 18.2 Å². The largest absolute Gasteiger partial charge is 0.237 e. The molecule has 0 saturated heterocycles.